The van der Waals surface area contributed by atoms with E-state index in [0.717, 1.165) is 37.2 Å². The minimum absolute atomic E-state index is 0.00959. The van der Waals surface area contributed by atoms with Gasteiger partial charge in [-0.25, -0.2) is 0 Å². The van der Waals surface area contributed by atoms with Crippen molar-refractivity contribution >= 4 is 11.6 Å². The van der Waals surface area contributed by atoms with E-state index >= 15 is 0 Å². The van der Waals surface area contributed by atoms with Gasteiger partial charge in [-0.1, -0.05) is 12.0 Å². The molecule has 4 nitrogen and oxygen atoms in total. The first kappa shape index (κ1) is 13.6. The second-order valence-corrected chi connectivity index (χ2v) is 4.89. The summed E-state index contributed by atoms with van der Waals surface area (Å²) in [7, 11) is 0. The maximum Gasteiger partial charge on any atom is 0.238 e. The number of hydrogen-bond donors (Lipinski definition) is 2. The van der Waals surface area contributed by atoms with Crippen molar-refractivity contribution in [3.8, 4) is 12.3 Å². The lowest BCUT2D eigenvalue weighted by atomic mass is 10.1. The lowest BCUT2D eigenvalue weighted by Crippen LogP contribution is -2.43. The van der Waals surface area contributed by atoms with Crippen LogP contribution >= 0.6 is 0 Å². The monoisotopic (exact) mass is 257 g/mol. The predicted molar refractivity (Wildman–Crippen MR) is 76.7 cm³/mol. The van der Waals surface area contributed by atoms with Crippen molar-refractivity contribution in [3.05, 3.63) is 29.8 Å². The molecule has 3 N–H and O–H groups in total. The Bertz CT molecular complexity index is 484. The maximum absolute atomic E-state index is 11.9. The fourth-order valence-corrected chi connectivity index (χ4v) is 2.20. The quantitative estimate of drug-likeness (QED) is 0.795. The normalized spacial score (nSPS) is 16.8. The number of hydrogen-bond acceptors (Lipinski definition) is 3. The Morgan fingerprint density at radius 1 is 1.47 bits per heavy atom. The van der Waals surface area contributed by atoms with E-state index in [2.05, 4.69) is 16.1 Å². The summed E-state index contributed by atoms with van der Waals surface area (Å²) in [6.45, 7) is 2.19. The van der Waals surface area contributed by atoms with Crippen LogP contribution < -0.4 is 11.1 Å². The number of terminal acetylenes is 1. The Morgan fingerprint density at radius 3 is 2.89 bits per heavy atom. The van der Waals surface area contributed by atoms with E-state index in [1.165, 1.54) is 0 Å². The summed E-state index contributed by atoms with van der Waals surface area (Å²) < 4.78 is 0. The van der Waals surface area contributed by atoms with E-state index in [0.29, 0.717) is 6.54 Å². The highest BCUT2D eigenvalue weighted by atomic mass is 16.2. The minimum atomic E-state index is -0.00959. The van der Waals surface area contributed by atoms with E-state index in [9.17, 15) is 4.79 Å². The number of nitrogens with zero attached hydrogens (tertiary/aromatic N) is 1. The lowest BCUT2D eigenvalue weighted by Gasteiger charge is -2.29. The van der Waals surface area contributed by atoms with Gasteiger partial charge >= 0.3 is 0 Å². The van der Waals surface area contributed by atoms with Crippen molar-refractivity contribution in [3.63, 3.8) is 0 Å². The van der Waals surface area contributed by atoms with Crippen molar-refractivity contribution in [1.82, 2.24) is 4.90 Å². The average Bonchev–Trinajstić information content (AvgIpc) is 2.41. The predicted octanol–water partition coefficient (Wildman–Crippen LogP) is 1.03. The molecule has 0 radical (unpaired) electrons. The van der Waals surface area contributed by atoms with E-state index in [4.69, 9.17) is 12.2 Å². The largest absolute Gasteiger partial charge is 0.328 e. The zero-order valence-electron chi connectivity index (χ0n) is 10.9. The minimum Gasteiger partial charge on any atom is -0.328 e. The molecular weight excluding hydrogens is 238 g/mol. The number of likely N-dealkylation sites (tertiary alicyclic amines) is 1. The zero-order valence-corrected chi connectivity index (χ0v) is 10.9. The Balaban J connectivity index is 1.85. The number of amides is 1. The van der Waals surface area contributed by atoms with Gasteiger partial charge in [-0.2, -0.15) is 0 Å². The summed E-state index contributed by atoms with van der Waals surface area (Å²) in [6, 6.07) is 7.59. The van der Waals surface area contributed by atoms with Crippen LogP contribution in [0.15, 0.2) is 24.3 Å². The molecule has 1 fully saturated rings. The molecule has 100 valence electrons. The highest BCUT2D eigenvalue weighted by Gasteiger charge is 2.18. The second kappa shape index (κ2) is 6.37. The molecule has 19 heavy (non-hydrogen) atoms. The SMILES string of the molecule is C#Cc1cccc(NC(=O)CN2CCC(N)CC2)c1. The molecule has 0 aromatic heterocycles. The fraction of sp³-hybridized carbons (Fsp3) is 0.400. The summed E-state index contributed by atoms with van der Waals surface area (Å²) >= 11 is 0. The molecule has 0 aliphatic carbocycles. The highest BCUT2D eigenvalue weighted by molar-refractivity contribution is 5.92. The standard InChI is InChI=1S/C15H19N3O/c1-2-12-4-3-5-14(10-12)17-15(19)11-18-8-6-13(16)7-9-18/h1,3-5,10,13H,6-9,11,16H2,(H,17,19). The molecule has 1 aliphatic rings. The summed E-state index contributed by atoms with van der Waals surface area (Å²) in [5.74, 6) is 2.54. The van der Waals surface area contributed by atoms with Crippen LogP contribution in [0.3, 0.4) is 0 Å². The number of anilines is 1. The molecule has 0 atom stereocenters. The second-order valence-electron chi connectivity index (χ2n) is 4.89. The Labute approximate surface area is 114 Å². The number of benzene rings is 1. The van der Waals surface area contributed by atoms with Crippen LogP contribution in [0.2, 0.25) is 0 Å². The summed E-state index contributed by atoms with van der Waals surface area (Å²) in [6.07, 6.45) is 7.25. The van der Waals surface area contributed by atoms with Crippen molar-refractivity contribution in [1.29, 1.82) is 0 Å². The van der Waals surface area contributed by atoms with Gasteiger partial charge in [-0.05, 0) is 31.0 Å². The number of carbonyl (C=O) groups excluding carboxylic acids is 1. The van der Waals surface area contributed by atoms with E-state index in [1.807, 2.05) is 18.2 Å². The zero-order chi connectivity index (χ0) is 13.7. The van der Waals surface area contributed by atoms with E-state index in [-0.39, 0.29) is 11.9 Å². The van der Waals surface area contributed by atoms with Crippen LogP contribution in [-0.2, 0) is 4.79 Å². The fourth-order valence-electron chi connectivity index (χ4n) is 2.20. The smallest absolute Gasteiger partial charge is 0.238 e. The molecule has 4 heteroatoms. The molecule has 0 unspecified atom stereocenters. The van der Waals surface area contributed by atoms with Crippen LogP contribution in [0.25, 0.3) is 0 Å². The summed E-state index contributed by atoms with van der Waals surface area (Å²) in [5, 5.41) is 2.87. The van der Waals surface area contributed by atoms with Crippen LogP contribution in [0, 0.1) is 12.3 Å². The maximum atomic E-state index is 11.9. The van der Waals surface area contributed by atoms with Gasteiger partial charge in [0.25, 0.3) is 0 Å². The number of rotatable bonds is 3. The molecule has 1 aromatic rings. The molecule has 1 amide bonds. The third kappa shape index (κ3) is 4.09. The first-order chi connectivity index (χ1) is 9.17. The molecule has 1 aliphatic heterocycles. The molecule has 2 rings (SSSR count). The summed E-state index contributed by atoms with van der Waals surface area (Å²) in [4.78, 5) is 14.1. The first-order valence-corrected chi connectivity index (χ1v) is 6.52. The van der Waals surface area contributed by atoms with Crippen molar-refractivity contribution in [2.45, 2.75) is 18.9 Å². The number of carbonyl (C=O) groups is 1. The van der Waals surface area contributed by atoms with E-state index in [1.54, 1.807) is 6.07 Å². The van der Waals surface area contributed by atoms with Crippen LogP contribution in [0.4, 0.5) is 5.69 Å². The Morgan fingerprint density at radius 2 is 2.21 bits per heavy atom. The summed E-state index contributed by atoms with van der Waals surface area (Å²) in [5.41, 5.74) is 7.35. The van der Waals surface area contributed by atoms with Crippen LogP contribution in [0.1, 0.15) is 18.4 Å². The van der Waals surface area contributed by atoms with Crippen molar-refractivity contribution in [2.24, 2.45) is 5.73 Å². The average molecular weight is 257 g/mol. The van der Waals surface area contributed by atoms with Gasteiger partial charge in [-0.3, -0.25) is 9.69 Å². The van der Waals surface area contributed by atoms with Crippen molar-refractivity contribution < 1.29 is 4.79 Å². The van der Waals surface area contributed by atoms with Gasteiger partial charge in [0.05, 0.1) is 6.54 Å². The van der Waals surface area contributed by atoms with Gasteiger partial charge in [0.15, 0.2) is 0 Å². The first-order valence-electron chi connectivity index (χ1n) is 6.52. The van der Waals surface area contributed by atoms with Gasteiger partial charge in [0.2, 0.25) is 5.91 Å². The molecular formula is C15H19N3O. The van der Waals surface area contributed by atoms with Gasteiger partial charge < -0.3 is 11.1 Å². The molecule has 1 saturated heterocycles. The third-order valence-electron chi connectivity index (χ3n) is 3.31. The van der Waals surface area contributed by atoms with Gasteiger partial charge in [0.1, 0.15) is 0 Å². The van der Waals surface area contributed by atoms with Crippen LogP contribution in [-0.4, -0.2) is 36.5 Å². The lowest BCUT2D eigenvalue weighted by molar-refractivity contribution is -0.117. The third-order valence-corrected chi connectivity index (χ3v) is 3.31. The highest BCUT2D eigenvalue weighted by Crippen LogP contribution is 2.11. The molecule has 1 heterocycles. The topological polar surface area (TPSA) is 58.4 Å². The molecule has 0 spiro atoms. The number of nitrogens with two attached hydrogens (primary N) is 1. The molecule has 0 saturated carbocycles. The number of piperidine rings is 1. The van der Waals surface area contributed by atoms with E-state index < -0.39 is 0 Å². The van der Waals surface area contributed by atoms with Crippen molar-refractivity contribution in [2.75, 3.05) is 25.0 Å². The van der Waals surface area contributed by atoms with Gasteiger partial charge in [0, 0.05) is 30.4 Å². The molecule has 0 bridgehead atoms. The van der Waals surface area contributed by atoms with Crippen LogP contribution in [0.5, 0.6) is 0 Å². The van der Waals surface area contributed by atoms with Gasteiger partial charge in [-0.15, -0.1) is 6.42 Å². The molecule has 1 aromatic carbocycles. The Kier molecular flexibility index (Phi) is 4.56. The number of nitrogens with one attached hydrogen (secondary N) is 1. The Hall–Kier alpha value is -1.83.